The second-order valence-corrected chi connectivity index (χ2v) is 5.53. The third kappa shape index (κ3) is 3.56. The Morgan fingerprint density at radius 2 is 1.84 bits per heavy atom. The van der Waals surface area contributed by atoms with Gasteiger partial charge in [0.25, 0.3) is 0 Å². The van der Waals surface area contributed by atoms with E-state index >= 15 is 0 Å². The fourth-order valence-electron chi connectivity index (χ4n) is 1.89. The van der Waals surface area contributed by atoms with E-state index in [1.165, 1.54) is 0 Å². The van der Waals surface area contributed by atoms with Gasteiger partial charge in [-0.2, -0.15) is 0 Å². The molecule has 2 aromatic carbocycles. The van der Waals surface area contributed by atoms with Crippen molar-refractivity contribution in [2.75, 3.05) is 0 Å². The van der Waals surface area contributed by atoms with Crippen LogP contribution in [0.4, 0.5) is 4.39 Å². The van der Waals surface area contributed by atoms with Crippen LogP contribution >= 0.6 is 27.5 Å². The Bertz CT molecular complexity index is 560. The van der Waals surface area contributed by atoms with Gasteiger partial charge in [-0.05, 0) is 46.0 Å². The maximum absolute atomic E-state index is 13.9. The second-order valence-electron chi connectivity index (χ2n) is 4.30. The van der Waals surface area contributed by atoms with E-state index in [-0.39, 0.29) is 5.02 Å². The van der Waals surface area contributed by atoms with Crippen molar-refractivity contribution in [1.82, 2.24) is 0 Å². The number of hydrogen-bond acceptors (Lipinski definition) is 1. The second kappa shape index (κ2) is 6.51. The number of rotatable bonds is 4. The smallest absolute Gasteiger partial charge is 0.146 e. The lowest BCUT2D eigenvalue weighted by Gasteiger charge is -2.12. The van der Waals surface area contributed by atoms with E-state index in [4.69, 9.17) is 11.6 Å². The molecule has 0 saturated heterocycles. The van der Waals surface area contributed by atoms with E-state index in [2.05, 4.69) is 15.9 Å². The fraction of sp³-hybridized carbons (Fsp3) is 0.200. The Kier molecular flexibility index (Phi) is 4.97. The van der Waals surface area contributed by atoms with E-state index in [1.807, 2.05) is 30.3 Å². The molecule has 0 fully saturated rings. The van der Waals surface area contributed by atoms with Crippen molar-refractivity contribution in [2.45, 2.75) is 18.9 Å². The Hall–Kier alpha value is -0.900. The van der Waals surface area contributed by atoms with Gasteiger partial charge in [0, 0.05) is 4.47 Å². The highest BCUT2D eigenvalue weighted by Gasteiger charge is 2.13. The van der Waals surface area contributed by atoms with Crippen LogP contribution in [0, 0.1) is 5.82 Å². The molecule has 0 aliphatic rings. The van der Waals surface area contributed by atoms with Gasteiger partial charge < -0.3 is 5.11 Å². The van der Waals surface area contributed by atoms with Crippen LogP contribution in [-0.4, -0.2) is 5.11 Å². The molecule has 0 amide bonds. The lowest BCUT2D eigenvalue weighted by atomic mass is 10.0. The summed E-state index contributed by atoms with van der Waals surface area (Å²) in [6, 6.07) is 12.7. The first-order valence-corrected chi connectivity index (χ1v) is 7.12. The van der Waals surface area contributed by atoms with E-state index in [0.29, 0.717) is 22.9 Å². The van der Waals surface area contributed by atoms with E-state index in [1.54, 1.807) is 12.1 Å². The van der Waals surface area contributed by atoms with Gasteiger partial charge in [-0.15, -0.1) is 0 Å². The number of aliphatic hydroxyl groups is 1. The highest BCUT2D eigenvalue weighted by molar-refractivity contribution is 9.10. The average Bonchev–Trinajstić information content (AvgIpc) is 2.45. The molecular weight excluding hydrogens is 331 g/mol. The summed E-state index contributed by atoms with van der Waals surface area (Å²) in [4.78, 5) is 0. The minimum absolute atomic E-state index is 0.0895. The summed E-state index contributed by atoms with van der Waals surface area (Å²) in [5, 5.41) is 10.1. The molecule has 1 atom stereocenters. The molecule has 0 saturated carbocycles. The molecule has 0 heterocycles. The molecule has 19 heavy (non-hydrogen) atoms. The van der Waals surface area contributed by atoms with Crippen LogP contribution in [0.1, 0.15) is 23.7 Å². The number of halogens is 3. The molecule has 2 rings (SSSR count). The largest absolute Gasteiger partial charge is 0.388 e. The predicted octanol–water partition coefficient (Wildman–Crippen LogP) is 4.91. The highest BCUT2D eigenvalue weighted by Crippen LogP contribution is 2.29. The van der Waals surface area contributed by atoms with Crippen molar-refractivity contribution >= 4 is 27.5 Å². The maximum atomic E-state index is 13.9. The van der Waals surface area contributed by atoms with Crippen LogP contribution < -0.4 is 0 Å². The van der Waals surface area contributed by atoms with E-state index < -0.39 is 11.9 Å². The lowest BCUT2D eigenvalue weighted by Crippen LogP contribution is -2.01. The summed E-state index contributed by atoms with van der Waals surface area (Å²) >= 11 is 9.01. The topological polar surface area (TPSA) is 20.2 Å². The van der Waals surface area contributed by atoms with Gasteiger partial charge >= 0.3 is 0 Å². The number of benzene rings is 2. The van der Waals surface area contributed by atoms with Crippen LogP contribution in [0.25, 0.3) is 0 Å². The van der Waals surface area contributed by atoms with Crippen LogP contribution in [0.2, 0.25) is 5.02 Å². The van der Waals surface area contributed by atoms with Crippen molar-refractivity contribution < 1.29 is 9.50 Å². The van der Waals surface area contributed by atoms with E-state index in [9.17, 15) is 9.50 Å². The Morgan fingerprint density at radius 1 is 1.16 bits per heavy atom. The Balaban J connectivity index is 2.05. The third-order valence-electron chi connectivity index (χ3n) is 2.99. The van der Waals surface area contributed by atoms with E-state index in [0.717, 1.165) is 5.56 Å². The fourth-order valence-corrected chi connectivity index (χ4v) is 2.38. The molecule has 0 aromatic heterocycles. The molecule has 1 N–H and O–H groups in total. The van der Waals surface area contributed by atoms with Crippen molar-refractivity contribution in [3.63, 3.8) is 0 Å². The van der Waals surface area contributed by atoms with Crippen LogP contribution in [-0.2, 0) is 6.42 Å². The summed E-state index contributed by atoms with van der Waals surface area (Å²) in [6.45, 7) is 0. The van der Waals surface area contributed by atoms with Crippen LogP contribution in [0.15, 0.2) is 46.9 Å². The Morgan fingerprint density at radius 3 is 2.53 bits per heavy atom. The molecular formula is C15H13BrClFO. The van der Waals surface area contributed by atoms with Crippen molar-refractivity contribution in [3.8, 4) is 0 Å². The summed E-state index contributed by atoms with van der Waals surface area (Å²) in [7, 11) is 0. The number of hydrogen-bond donors (Lipinski definition) is 1. The van der Waals surface area contributed by atoms with Gasteiger partial charge in [0.2, 0.25) is 0 Å². The van der Waals surface area contributed by atoms with Gasteiger partial charge in [-0.1, -0.05) is 48.0 Å². The van der Waals surface area contributed by atoms with Gasteiger partial charge in [0.15, 0.2) is 0 Å². The van der Waals surface area contributed by atoms with Gasteiger partial charge in [0.05, 0.1) is 11.1 Å². The maximum Gasteiger partial charge on any atom is 0.146 e. The molecule has 0 bridgehead atoms. The zero-order valence-electron chi connectivity index (χ0n) is 10.1. The first-order chi connectivity index (χ1) is 9.09. The lowest BCUT2D eigenvalue weighted by molar-refractivity contribution is 0.167. The number of aliphatic hydroxyl groups excluding tert-OH is 1. The van der Waals surface area contributed by atoms with Gasteiger partial charge in [0.1, 0.15) is 5.82 Å². The molecule has 0 aliphatic carbocycles. The molecule has 4 heteroatoms. The monoisotopic (exact) mass is 342 g/mol. The van der Waals surface area contributed by atoms with Crippen molar-refractivity contribution in [2.24, 2.45) is 0 Å². The molecule has 0 radical (unpaired) electrons. The summed E-state index contributed by atoms with van der Waals surface area (Å²) in [5.74, 6) is -0.420. The predicted molar refractivity (Wildman–Crippen MR) is 78.8 cm³/mol. The normalized spacial score (nSPS) is 12.4. The molecule has 100 valence electrons. The zero-order valence-corrected chi connectivity index (χ0v) is 12.5. The summed E-state index contributed by atoms with van der Waals surface area (Å²) in [5.41, 5.74) is 1.36. The molecule has 0 aliphatic heterocycles. The average molecular weight is 344 g/mol. The molecule has 0 spiro atoms. The zero-order chi connectivity index (χ0) is 13.8. The SMILES string of the molecule is OC(CCc1ccc(Br)c(Cl)c1F)c1ccccc1. The first kappa shape index (κ1) is 14.5. The van der Waals surface area contributed by atoms with Crippen molar-refractivity contribution in [3.05, 3.63) is 68.9 Å². The summed E-state index contributed by atoms with van der Waals surface area (Å²) < 4.78 is 14.4. The number of aryl methyl sites for hydroxylation is 1. The first-order valence-electron chi connectivity index (χ1n) is 5.95. The summed E-state index contributed by atoms with van der Waals surface area (Å²) in [6.07, 6.45) is 0.302. The van der Waals surface area contributed by atoms with Gasteiger partial charge in [-0.25, -0.2) is 4.39 Å². The molecule has 1 nitrogen and oxygen atoms in total. The minimum atomic E-state index is -0.594. The standard InChI is InChI=1S/C15H13BrClFO/c16-12-8-6-11(15(18)14(12)17)7-9-13(19)10-4-2-1-3-5-10/h1-6,8,13,19H,7,9H2. The van der Waals surface area contributed by atoms with Crippen LogP contribution in [0.3, 0.4) is 0 Å². The third-order valence-corrected chi connectivity index (χ3v) is 4.25. The quantitative estimate of drug-likeness (QED) is 0.782. The van der Waals surface area contributed by atoms with Crippen LogP contribution in [0.5, 0.6) is 0 Å². The highest BCUT2D eigenvalue weighted by atomic mass is 79.9. The molecule has 2 aromatic rings. The van der Waals surface area contributed by atoms with Gasteiger partial charge in [-0.3, -0.25) is 0 Å². The minimum Gasteiger partial charge on any atom is -0.388 e. The molecule has 1 unspecified atom stereocenters. The van der Waals surface area contributed by atoms with Crippen molar-refractivity contribution in [1.29, 1.82) is 0 Å². The Labute approximate surface area is 125 Å².